The fourth-order valence-corrected chi connectivity index (χ4v) is 2.72. The highest BCUT2D eigenvalue weighted by Crippen LogP contribution is 2.35. The summed E-state index contributed by atoms with van der Waals surface area (Å²) in [4.78, 5) is 20.9. The quantitative estimate of drug-likeness (QED) is 0.774. The first-order chi connectivity index (χ1) is 11.7. The average molecular weight is 342 g/mol. The molecule has 0 unspecified atom stereocenters. The average Bonchev–Trinajstić information content (AvgIpc) is 2.61. The first-order valence-electron chi connectivity index (χ1n) is 7.32. The summed E-state index contributed by atoms with van der Waals surface area (Å²) in [5.41, 5.74) is 2.38. The van der Waals surface area contributed by atoms with Crippen LogP contribution in [-0.2, 0) is 0 Å². The highest BCUT2D eigenvalue weighted by molar-refractivity contribution is 6.34. The van der Waals surface area contributed by atoms with E-state index in [0.29, 0.717) is 46.5 Å². The van der Waals surface area contributed by atoms with Crippen LogP contribution in [0.3, 0.4) is 0 Å². The van der Waals surface area contributed by atoms with Crippen LogP contribution in [0.4, 0.5) is 5.69 Å². The lowest BCUT2D eigenvalue weighted by Gasteiger charge is -2.19. The number of fused-ring (bicyclic) bond motifs is 2. The third-order valence-corrected chi connectivity index (χ3v) is 3.92. The number of aromatic nitrogens is 2. The van der Waals surface area contributed by atoms with Crippen LogP contribution in [0, 0.1) is 0 Å². The first-order valence-corrected chi connectivity index (χ1v) is 7.70. The molecule has 1 aromatic heterocycles. The summed E-state index contributed by atoms with van der Waals surface area (Å²) in [6.07, 6.45) is 3.22. The number of hydrogen-bond acceptors (Lipinski definition) is 5. The molecule has 3 aromatic rings. The van der Waals surface area contributed by atoms with Crippen molar-refractivity contribution in [1.82, 2.24) is 9.97 Å². The molecule has 7 heteroatoms. The van der Waals surface area contributed by atoms with Crippen molar-refractivity contribution in [3.8, 4) is 11.5 Å². The van der Waals surface area contributed by atoms with Gasteiger partial charge in [0.25, 0.3) is 5.91 Å². The zero-order chi connectivity index (χ0) is 16.5. The minimum atomic E-state index is -0.333. The topological polar surface area (TPSA) is 73.3 Å². The molecule has 24 heavy (non-hydrogen) atoms. The second-order valence-electron chi connectivity index (χ2n) is 5.19. The van der Waals surface area contributed by atoms with Crippen molar-refractivity contribution in [2.24, 2.45) is 0 Å². The van der Waals surface area contributed by atoms with E-state index in [-0.39, 0.29) is 5.91 Å². The van der Waals surface area contributed by atoms with E-state index in [1.54, 1.807) is 42.7 Å². The van der Waals surface area contributed by atoms with Gasteiger partial charge in [0.2, 0.25) is 0 Å². The Bertz CT molecular complexity index is 946. The molecular formula is C17H12ClN3O3. The van der Waals surface area contributed by atoms with Crippen molar-refractivity contribution in [3.05, 3.63) is 53.3 Å². The van der Waals surface area contributed by atoms with Crippen molar-refractivity contribution >= 4 is 34.2 Å². The molecule has 1 aliphatic heterocycles. The third kappa shape index (κ3) is 2.72. The molecule has 2 aromatic carbocycles. The number of carbonyl (C=O) groups is 1. The Morgan fingerprint density at radius 1 is 1.00 bits per heavy atom. The Morgan fingerprint density at radius 3 is 2.50 bits per heavy atom. The fraction of sp³-hybridized carbons (Fsp3) is 0.118. The number of amides is 1. The van der Waals surface area contributed by atoms with E-state index in [0.717, 1.165) is 5.52 Å². The van der Waals surface area contributed by atoms with Crippen molar-refractivity contribution in [2.75, 3.05) is 18.5 Å². The van der Waals surface area contributed by atoms with Gasteiger partial charge in [-0.15, -0.1) is 0 Å². The van der Waals surface area contributed by atoms with E-state index in [9.17, 15) is 4.79 Å². The SMILES string of the molecule is O=C(Nc1ccc2nccnc2c1)c1cc2c(cc1Cl)OCCO2. The first kappa shape index (κ1) is 14.7. The zero-order valence-electron chi connectivity index (χ0n) is 12.5. The molecule has 0 atom stereocenters. The fourth-order valence-electron chi connectivity index (χ4n) is 2.48. The summed E-state index contributed by atoms with van der Waals surface area (Å²) < 4.78 is 10.9. The summed E-state index contributed by atoms with van der Waals surface area (Å²) in [6.45, 7) is 0.909. The van der Waals surface area contributed by atoms with Crippen molar-refractivity contribution in [3.63, 3.8) is 0 Å². The number of hydrogen-bond donors (Lipinski definition) is 1. The molecule has 6 nitrogen and oxygen atoms in total. The predicted octanol–water partition coefficient (Wildman–Crippen LogP) is 3.31. The van der Waals surface area contributed by atoms with Crippen LogP contribution in [0.5, 0.6) is 11.5 Å². The van der Waals surface area contributed by atoms with Gasteiger partial charge in [0, 0.05) is 24.1 Å². The summed E-state index contributed by atoms with van der Waals surface area (Å²) >= 11 is 6.20. The summed E-state index contributed by atoms with van der Waals surface area (Å²) in [5, 5.41) is 3.11. The molecular weight excluding hydrogens is 330 g/mol. The molecule has 1 aliphatic rings. The van der Waals surface area contributed by atoms with Crippen LogP contribution < -0.4 is 14.8 Å². The van der Waals surface area contributed by atoms with Crippen LogP contribution in [0.15, 0.2) is 42.7 Å². The van der Waals surface area contributed by atoms with Gasteiger partial charge in [-0.05, 0) is 24.3 Å². The van der Waals surface area contributed by atoms with Crippen molar-refractivity contribution in [2.45, 2.75) is 0 Å². The molecule has 0 fully saturated rings. The number of nitrogens with one attached hydrogen (secondary N) is 1. The molecule has 2 heterocycles. The van der Waals surface area contributed by atoms with E-state index < -0.39 is 0 Å². The van der Waals surface area contributed by atoms with Crippen molar-refractivity contribution < 1.29 is 14.3 Å². The minimum absolute atomic E-state index is 0.303. The second kappa shape index (κ2) is 5.98. The van der Waals surface area contributed by atoms with Gasteiger partial charge < -0.3 is 14.8 Å². The van der Waals surface area contributed by atoms with E-state index in [2.05, 4.69) is 15.3 Å². The highest BCUT2D eigenvalue weighted by atomic mass is 35.5. The summed E-state index contributed by atoms with van der Waals surface area (Å²) in [5.74, 6) is 0.726. The Labute approximate surface area is 142 Å². The lowest BCUT2D eigenvalue weighted by molar-refractivity contribution is 0.102. The molecule has 0 saturated carbocycles. The Balaban J connectivity index is 1.63. The van der Waals surface area contributed by atoms with Crippen molar-refractivity contribution in [1.29, 1.82) is 0 Å². The maximum absolute atomic E-state index is 12.5. The maximum Gasteiger partial charge on any atom is 0.257 e. The highest BCUT2D eigenvalue weighted by Gasteiger charge is 2.19. The standard InChI is InChI=1S/C17H12ClN3O3/c18-12-9-16-15(23-5-6-24-16)8-11(12)17(22)21-10-1-2-13-14(7-10)20-4-3-19-13/h1-4,7-9H,5-6H2,(H,21,22). The number of halogens is 1. The van der Waals surface area contributed by atoms with Gasteiger partial charge in [0.15, 0.2) is 11.5 Å². The van der Waals surface area contributed by atoms with Crippen LogP contribution in [0.25, 0.3) is 11.0 Å². The zero-order valence-corrected chi connectivity index (χ0v) is 13.2. The van der Waals surface area contributed by atoms with Gasteiger partial charge >= 0.3 is 0 Å². The second-order valence-corrected chi connectivity index (χ2v) is 5.60. The number of carbonyl (C=O) groups excluding carboxylic acids is 1. The largest absolute Gasteiger partial charge is 0.486 e. The smallest absolute Gasteiger partial charge is 0.257 e. The van der Waals surface area contributed by atoms with E-state index in [1.165, 1.54) is 0 Å². The molecule has 1 N–H and O–H groups in total. The lowest BCUT2D eigenvalue weighted by atomic mass is 10.1. The van der Waals surface area contributed by atoms with E-state index in [4.69, 9.17) is 21.1 Å². The van der Waals surface area contributed by atoms with Gasteiger partial charge in [0.05, 0.1) is 21.6 Å². The van der Waals surface area contributed by atoms with Crippen LogP contribution in [0.1, 0.15) is 10.4 Å². The van der Waals surface area contributed by atoms with Gasteiger partial charge in [-0.3, -0.25) is 14.8 Å². The molecule has 0 aliphatic carbocycles. The summed E-state index contributed by atoms with van der Waals surface area (Å²) in [7, 11) is 0. The van der Waals surface area contributed by atoms with Gasteiger partial charge in [-0.1, -0.05) is 11.6 Å². The molecule has 120 valence electrons. The molecule has 0 bridgehead atoms. The minimum Gasteiger partial charge on any atom is -0.486 e. The Morgan fingerprint density at radius 2 is 1.71 bits per heavy atom. The van der Waals surface area contributed by atoms with Gasteiger partial charge in [0.1, 0.15) is 13.2 Å². The normalized spacial score (nSPS) is 12.9. The number of ether oxygens (including phenoxy) is 2. The van der Waals surface area contributed by atoms with Crippen LogP contribution in [-0.4, -0.2) is 29.1 Å². The van der Waals surface area contributed by atoms with E-state index in [1.807, 2.05) is 0 Å². The maximum atomic E-state index is 12.5. The lowest BCUT2D eigenvalue weighted by Crippen LogP contribution is -2.17. The molecule has 4 rings (SSSR count). The third-order valence-electron chi connectivity index (χ3n) is 3.60. The molecule has 1 amide bonds. The Hall–Kier alpha value is -2.86. The predicted molar refractivity (Wildman–Crippen MR) is 89.9 cm³/mol. The molecule has 0 saturated heterocycles. The van der Waals surface area contributed by atoms with Crippen LogP contribution in [0.2, 0.25) is 5.02 Å². The number of rotatable bonds is 2. The van der Waals surface area contributed by atoms with Crippen LogP contribution >= 0.6 is 11.6 Å². The monoisotopic (exact) mass is 341 g/mol. The number of nitrogens with zero attached hydrogens (tertiary/aromatic N) is 2. The molecule has 0 radical (unpaired) electrons. The van der Waals surface area contributed by atoms with E-state index >= 15 is 0 Å². The summed E-state index contributed by atoms with van der Waals surface area (Å²) in [6, 6.07) is 8.50. The number of anilines is 1. The van der Waals surface area contributed by atoms with Gasteiger partial charge in [-0.25, -0.2) is 0 Å². The molecule has 0 spiro atoms. The van der Waals surface area contributed by atoms with Gasteiger partial charge in [-0.2, -0.15) is 0 Å². The Kier molecular flexibility index (Phi) is 3.66. The number of benzene rings is 2.